The molecule has 7 aromatic rings. The summed E-state index contributed by atoms with van der Waals surface area (Å²) in [5, 5.41) is 18.6. The minimum absolute atomic E-state index is 0.352. The minimum atomic E-state index is 0.352. The normalized spacial score (nSPS) is 11.1. The van der Waals surface area contributed by atoms with Crippen LogP contribution < -0.4 is 5.41 Å². The van der Waals surface area contributed by atoms with E-state index in [2.05, 4.69) is 53.1 Å². The summed E-state index contributed by atoms with van der Waals surface area (Å²) in [6.07, 6.45) is 0. The molecule has 0 radical (unpaired) electrons. The average Bonchev–Trinajstić information content (AvgIpc) is 3.40. The van der Waals surface area contributed by atoms with Crippen molar-refractivity contribution in [2.24, 2.45) is 0 Å². The van der Waals surface area contributed by atoms with Gasteiger partial charge in [-0.15, -0.1) is 0 Å². The van der Waals surface area contributed by atoms with Crippen molar-refractivity contribution in [2.45, 2.75) is 0 Å². The summed E-state index contributed by atoms with van der Waals surface area (Å²) >= 11 is 1.20. The minimum Gasteiger partial charge on any atom is -0.294 e. The van der Waals surface area contributed by atoms with E-state index in [4.69, 9.17) is 20.8 Å². The molecule has 200 valence electrons. The predicted molar refractivity (Wildman–Crippen MR) is 174 cm³/mol. The summed E-state index contributed by atoms with van der Waals surface area (Å²) in [4.78, 5) is 9.89. The molecule has 7 rings (SSSR count). The highest BCUT2D eigenvalue weighted by molar-refractivity contribution is 8.27. The van der Waals surface area contributed by atoms with E-state index in [1.54, 1.807) is 0 Å². The largest absolute Gasteiger partial charge is 0.294 e. The van der Waals surface area contributed by atoms with Gasteiger partial charge in [0, 0.05) is 39.7 Å². The molecule has 0 bridgehead atoms. The first-order chi connectivity index (χ1) is 20.7. The van der Waals surface area contributed by atoms with Crippen LogP contribution >= 0.6 is 11.8 Å². The molecule has 0 fully saturated rings. The molecule has 0 spiro atoms. The Balaban J connectivity index is 1.28. The molecule has 6 heteroatoms. The number of para-hydroxylation sites is 2. The van der Waals surface area contributed by atoms with Gasteiger partial charge in [0.15, 0.2) is 5.82 Å². The van der Waals surface area contributed by atoms with Crippen molar-refractivity contribution < 1.29 is 5.41 Å². The van der Waals surface area contributed by atoms with E-state index in [9.17, 15) is 0 Å². The second-order valence-electron chi connectivity index (χ2n) is 9.91. The molecular formula is C36H26N5S+. The molecule has 0 atom stereocenters. The second-order valence-corrected chi connectivity index (χ2v) is 11.0. The molecule has 2 heterocycles. The number of rotatable bonds is 5. The van der Waals surface area contributed by atoms with E-state index in [0.29, 0.717) is 21.6 Å². The van der Waals surface area contributed by atoms with Crippen molar-refractivity contribution >= 4 is 43.7 Å². The Morgan fingerprint density at radius 1 is 0.595 bits per heavy atom. The molecule has 0 aliphatic heterocycles. The monoisotopic (exact) mass is 560 g/mol. The summed E-state index contributed by atoms with van der Waals surface area (Å²) in [7, 11) is 0. The second kappa shape index (κ2) is 10.9. The van der Waals surface area contributed by atoms with Crippen molar-refractivity contribution in [3.05, 3.63) is 151 Å². The van der Waals surface area contributed by atoms with Gasteiger partial charge in [0.1, 0.15) is 16.6 Å². The first-order valence-electron chi connectivity index (χ1n) is 13.6. The van der Waals surface area contributed by atoms with Gasteiger partial charge in [-0.3, -0.25) is 9.98 Å². The Morgan fingerprint density at radius 3 is 1.74 bits per heavy atom. The number of hydrogen-bond acceptors (Lipinski definition) is 4. The molecule has 5 nitrogen and oxygen atoms in total. The SMILES string of the molecule is N=C(SC(=[NH2+])c1cc(-n2c3ccccc3c3ccccc32)nc(-c2ccccc2)n1)c1ccc(-c2ccccc2)cc1. The van der Waals surface area contributed by atoms with E-state index in [1.807, 2.05) is 91.0 Å². The van der Waals surface area contributed by atoms with E-state index in [1.165, 1.54) is 11.8 Å². The van der Waals surface area contributed by atoms with E-state index >= 15 is 0 Å². The van der Waals surface area contributed by atoms with Gasteiger partial charge in [-0.1, -0.05) is 121 Å². The van der Waals surface area contributed by atoms with Crippen LogP contribution in [-0.4, -0.2) is 24.6 Å². The number of nitrogens with one attached hydrogen (secondary N) is 1. The fourth-order valence-corrected chi connectivity index (χ4v) is 5.91. The van der Waals surface area contributed by atoms with Crippen molar-refractivity contribution in [1.82, 2.24) is 14.5 Å². The Morgan fingerprint density at radius 2 is 1.12 bits per heavy atom. The average molecular weight is 561 g/mol. The summed E-state index contributed by atoms with van der Waals surface area (Å²) < 4.78 is 2.16. The lowest BCUT2D eigenvalue weighted by Crippen LogP contribution is -2.39. The van der Waals surface area contributed by atoms with E-state index in [-0.39, 0.29) is 0 Å². The zero-order valence-corrected chi connectivity index (χ0v) is 23.4. The van der Waals surface area contributed by atoms with E-state index < -0.39 is 0 Å². The molecule has 0 unspecified atom stereocenters. The molecule has 0 saturated heterocycles. The van der Waals surface area contributed by atoms with Crippen molar-refractivity contribution in [3.63, 3.8) is 0 Å². The van der Waals surface area contributed by atoms with Crippen LogP contribution in [-0.2, 0) is 0 Å². The summed E-state index contributed by atoms with van der Waals surface area (Å²) in [5.41, 5.74) is 6.62. The maximum absolute atomic E-state index is 8.82. The lowest BCUT2D eigenvalue weighted by atomic mass is 10.0. The van der Waals surface area contributed by atoms with Crippen molar-refractivity contribution in [3.8, 4) is 28.3 Å². The van der Waals surface area contributed by atoms with Crippen LogP contribution in [0.2, 0.25) is 0 Å². The molecule has 0 saturated carbocycles. The zero-order chi connectivity index (χ0) is 28.5. The zero-order valence-electron chi connectivity index (χ0n) is 22.6. The maximum atomic E-state index is 8.82. The van der Waals surface area contributed by atoms with Gasteiger partial charge in [-0.05, 0) is 23.3 Å². The molecule has 3 N–H and O–H groups in total. The first-order valence-corrected chi connectivity index (χ1v) is 14.5. The molecule has 42 heavy (non-hydrogen) atoms. The maximum Gasteiger partial charge on any atom is 0.264 e. The lowest BCUT2D eigenvalue weighted by molar-refractivity contribution is -0.107. The first kappa shape index (κ1) is 25.6. The van der Waals surface area contributed by atoms with Gasteiger partial charge < -0.3 is 0 Å². The molecule has 0 amide bonds. The fraction of sp³-hybridized carbons (Fsp3) is 0. The highest BCUT2D eigenvalue weighted by Gasteiger charge is 2.21. The van der Waals surface area contributed by atoms with Gasteiger partial charge in [0.2, 0.25) is 0 Å². The summed E-state index contributed by atoms with van der Waals surface area (Å²) in [5.74, 6) is 1.30. The highest BCUT2D eigenvalue weighted by atomic mass is 32.2. The number of hydrogen-bond donors (Lipinski definition) is 2. The van der Waals surface area contributed by atoms with Crippen LogP contribution in [0.1, 0.15) is 11.3 Å². The third-order valence-electron chi connectivity index (χ3n) is 7.27. The van der Waals surface area contributed by atoms with Crippen LogP contribution in [0.5, 0.6) is 0 Å². The lowest BCUT2D eigenvalue weighted by Gasteiger charge is -2.11. The molecular weight excluding hydrogens is 534 g/mol. The van der Waals surface area contributed by atoms with E-state index in [0.717, 1.165) is 49.9 Å². The Hall–Kier alpha value is -5.33. The smallest absolute Gasteiger partial charge is 0.264 e. The van der Waals surface area contributed by atoms with Crippen LogP contribution in [0, 0.1) is 5.41 Å². The molecule has 0 aliphatic carbocycles. The number of nitrogens with zero attached hydrogens (tertiary/aromatic N) is 3. The third kappa shape index (κ3) is 4.78. The van der Waals surface area contributed by atoms with Crippen LogP contribution in [0.3, 0.4) is 0 Å². The number of aromatic nitrogens is 3. The summed E-state index contributed by atoms with van der Waals surface area (Å²) in [6, 6.07) is 46.7. The Bertz CT molecular complexity index is 2030. The van der Waals surface area contributed by atoms with Gasteiger partial charge >= 0.3 is 0 Å². The van der Waals surface area contributed by atoms with Crippen LogP contribution in [0.25, 0.3) is 50.1 Å². The Labute approximate surface area is 247 Å². The number of benzene rings is 5. The molecule has 2 aromatic heterocycles. The van der Waals surface area contributed by atoms with Crippen molar-refractivity contribution in [1.29, 1.82) is 5.41 Å². The highest BCUT2D eigenvalue weighted by Crippen LogP contribution is 2.32. The van der Waals surface area contributed by atoms with Gasteiger partial charge in [0.25, 0.3) is 5.04 Å². The number of nitrogens with two attached hydrogens (primary N) is 1. The number of thioether (sulfide) groups is 1. The fourth-order valence-electron chi connectivity index (χ4n) is 5.23. The quantitative estimate of drug-likeness (QED) is 0.173. The van der Waals surface area contributed by atoms with Gasteiger partial charge in [-0.2, -0.15) is 0 Å². The topological polar surface area (TPSA) is 80.1 Å². The Kier molecular flexibility index (Phi) is 6.66. The van der Waals surface area contributed by atoms with Crippen LogP contribution in [0.15, 0.2) is 140 Å². The van der Waals surface area contributed by atoms with Gasteiger partial charge in [0.05, 0.1) is 11.0 Å². The standard InChI is InChI=1S/C36H25N5S/c37-34(26-21-19-25(20-22-26)24-11-3-1-4-12-24)42-35(38)30-23-33(40-36(39-30)27-13-5-2-6-14-27)41-31-17-9-7-15-28(31)29-16-8-10-18-32(29)41/h1-23,37-38H/p+1. The summed E-state index contributed by atoms with van der Waals surface area (Å²) in [6.45, 7) is 0. The molecule has 5 aromatic carbocycles. The molecule has 0 aliphatic rings. The van der Waals surface area contributed by atoms with Crippen molar-refractivity contribution in [2.75, 3.05) is 0 Å². The third-order valence-corrected chi connectivity index (χ3v) is 8.14. The number of fused-ring (bicyclic) bond motifs is 3. The van der Waals surface area contributed by atoms with Gasteiger partial charge in [-0.25, -0.2) is 15.4 Å². The predicted octanol–water partition coefficient (Wildman–Crippen LogP) is 7.17. The van der Waals surface area contributed by atoms with Crippen LogP contribution in [0.4, 0.5) is 0 Å².